The van der Waals surface area contributed by atoms with Gasteiger partial charge < -0.3 is 14.5 Å². The molecule has 7 heteroatoms. The number of nitriles is 1. The van der Waals surface area contributed by atoms with Crippen LogP contribution < -0.4 is 4.90 Å². The van der Waals surface area contributed by atoms with Crippen molar-refractivity contribution < 1.29 is 13.9 Å². The van der Waals surface area contributed by atoms with Crippen molar-refractivity contribution in [2.75, 3.05) is 31.2 Å². The van der Waals surface area contributed by atoms with E-state index in [9.17, 15) is 9.18 Å². The fraction of sp³-hybridized carbons (Fsp3) is 0.458. The molecule has 1 saturated carbocycles. The van der Waals surface area contributed by atoms with Crippen LogP contribution in [0.15, 0.2) is 42.6 Å². The molecule has 2 saturated heterocycles. The summed E-state index contributed by atoms with van der Waals surface area (Å²) in [4.78, 5) is 21.5. The second kappa shape index (κ2) is 7.93. The Kier molecular flexibility index (Phi) is 5.11. The molecule has 2 aromatic rings. The number of nitrogens with zero attached hydrogens (tertiary/aromatic N) is 4. The number of pyridine rings is 1. The van der Waals surface area contributed by atoms with Gasteiger partial charge in [0.2, 0.25) is 5.91 Å². The van der Waals surface area contributed by atoms with Crippen molar-refractivity contribution in [3.05, 3.63) is 59.5 Å². The standard InChI is InChI=1S/C24H25FN4O2/c25-19-4-2-18(3-5-19)24(9-10-24)16-31-15-23(30)28-13-20-6-7-21(14-28)29(20)22-8-1-17(11-26)12-27-22/h1-5,8,12,20-21H,6-7,9-10,13-16H2/t20-,21?/m0/s1. The Balaban J connectivity index is 1.16. The van der Waals surface area contributed by atoms with E-state index in [1.165, 1.54) is 12.1 Å². The van der Waals surface area contributed by atoms with Crippen LogP contribution in [0.5, 0.6) is 0 Å². The second-order valence-electron chi connectivity index (χ2n) is 8.89. The third-order valence-corrected chi connectivity index (χ3v) is 6.89. The number of rotatable bonds is 6. The molecule has 5 rings (SSSR count). The maximum Gasteiger partial charge on any atom is 0.248 e. The van der Waals surface area contributed by atoms with Crippen molar-refractivity contribution in [1.82, 2.24) is 9.88 Å². The van der Waals surface area contributed by atoms with Gasteiger partial charge in [0.05, 0.1) is 12.2 Å². The van der Waals surface area contributed by atoms with Crippen LogP contribution in [-0.4, -0.2) is 54.2 Å². The highest BCUT2D eigenvalue weighted by atomic mass is 19.1. The number of carbonyl (C=O) groups excluding carboxylic acids is 1. The molecule has 2 aliphatic heterocycles. The lowest BCUT2D eigenvalue weighted by Crippen LogP contribution is -2.56. The predicted molar refractivity (Wildman–Crippen MR) is 113 cm³/mol. The number of aromatic nitrogens is 1. The van der Waals surface area contributed by atoms with Gasteiger partial charge in [-0.25, -0.2) is 9.37 Å². The Bertz CT molecular complexity index is 984. The molecule has 160 valence electrons. The van der Waals surface area contributed by atoms with Crippen LogP contribution in [0.1, 0.15) is 36.8 Å². The van der Waals surface area contributed by atoms with Gasteiger partial charge in [-0.3, -0.25) is 4.79 Å². The Labute approximate surface area is 181 Å². The summed E-state index contributed by atoms with van der Waals surface area (Å²) in [6.45, 7) is 1.91. The smallest absolute Gasteiger partial charge is 0.248 e. The molecule has 1 aromatic carbocycles. The average Bonchev–Trinajstić information content (AvgIpc) is 3.53. The number of anilines is 1. The minimum Gasteiger partial charge on any atom is -0.371 e. The van der Waals surface area contributed by atoms with Crippen molar-refractivity contribution in [3.8, 4) is 6.07 Å². The molecular formula is C24H25FN4O2. The molecule has 31 heavy (non-hydrogen) atoms. The van der Waals surface area contributed by atoms with E-state index in [-0.39, 0.29) is 35.8 Å². The van der Waals surface area contributed by atoms with E-state index in [2.05, 4.69) is 16.0 Å². The summed E-state index contributed by atoms with van der Waals surface area (Å²) < 4.78 is 19.0. The van der Waals surface area contributed by atoms with E-state index < -0.39 is 0 Å². The molecule has 2 atom stereocenters. The Morgan fingerprint density at radius 3 is 2.45 bits per heavy atom. The minimum absolute atomic E-state index is 0.0271. The molecular weight excluding hydrogens is 395 g/mol. The number of likely N-dealkylation sites (tertiary alicyclic amines) is 1. The molecule has 3 aliphatic rings. The lowest BCUT2D eigenvalue weighted by molar-refractivity contribution is -0.137. The molecule has 1 aromatic heterocycles. The van der Waals surface area contributed by atoms with E-state index in [4.69, 9.17) is 10.00 Å². The van der Waals surface area contributed by atoms with Crippen molar-refractivity contribution >= 4 is 11.7 Å². The summed E-state index contributed by atoms with van der Waals surface area (Å²) in [5.74, 6) is 0.671. The molecule has 0 N–H and O–H groups in total. The first kappa shape index (κ1) is 20.0. The molecule has 6 nitrogen and oxygen atoms in total. The van der Waals surface area contributed by atoms with E-state index in [1.54, 1.807) is 12.3 Å². The predicted octanol–water partition coefficient (Wildman–Crippen LogP) is 3.02. The van der Waals surface area contributed by atoms with Crippen LogP contribution >= 0.6 is 0 Å². The summed E-state index contributed by atoms with van der Waals surface area (Å²) in [6.07, 6.45) is 5.69. The minimum atomic E-state index is -0.236. The summed E-state index contributed by atoms with van der Waals surface area (Å²) in [7, 11) is 0. The van der Waals surface area contributed by atoms with Crippen LogP contribution in [-0.2, 0) is 14.9 Å². The van der Waals surface area contributed by atoms with E-state index in [0.29, 0.717) is 25.3 Å². The van der Waals surface area contributed by atoms with Gasteiger partial charge in [0.1, 0.15) is 24.3 Å². The maximum absolute atomic E-state index is 13.2. The Morgan fingerprint density at radius 2 is 1.87 bits per heavy atom. The highest BCUT2D eigenvalue weighted by molar-refractivity contribution is 5.78. The number of halogens is 1. The molecule has 1 unspecified atom stereocenters. The van der Waals surface area contributed by atoms with Crippen molar-refractivity contribution in [2.24, 2.45) is 0 Å². The molecule has 1 amide bonds. The van der Waals surface area contributed by atoms with Gasteiger partial charge in [-0.2, -0.15) is 5.26 Å². The second-order valence-corrected chi connectivity index (χ2v) is 8.89. The van der Waals surface area contributed by atoms with E-state index in [1.807, 2.05) is 23.1 Å². The Morgan fingerprint density at radius 1 is 1.16 bits per heavy atom. The summed E-state index contributed by atoms with van der Waals surface area (Å²) in [6, 6.07) is 12.9. The quantitative estimate of drug-likeness (QED) is 0.719. The third kappa shape index (κ3) is 3.88. The topological polar surface area (TPSA) is 69.5 Å². The van der Waals surface area contributed by atoms with Crippen LogP contribution in [0.3, 0.4) is 0 Å². The molecule has 3 fully saturated rings. The van der Waals surface area contributed by atoms with E-state index in [0.717, 1.165) is 37.1 Å². The van der Waals surface area contributed by atoms with Gasteiger partial charge >= 0.3 is 0 Å². The highest BCUT2D eigenvalue weighted by Crippen LogP contribution is 2.48. The first-order chi connectivity index (χ1) is 15.1. The number of hydrogen-bond donors (Lipinski definition) is 0. The van der Waals surface area contributed by atoms with Crippen LogP contribution in [0.4, 0.5) is 10.2 Å². The number of ether oxygens (including phenoxy) is 1. The average molecular weight is 420 g/mol. The SMILES string of the molecule is N#Cc1ccc(N2C3CC[C@H]2CN(C(=O)COCC2(c4ccc(F)cc4)CC2)C3)nc1. The molecule has 0 spiro atoms. The van der Waals surface area contributed by atoms with Crippen molar-refractivity contribution in [3.63, 3.8) is 0 Å². The number of benzene rings is 1. The number of carbonyl (C=O) groups is 1. The van der Waals surface area contributed by atoms with Crippen LogP contribution in [0.25, 0.3) is 0 Å². The van der Waals surface area contributed by atoms with Crippen LogP contribution in [0.2, 0.25) is 0 Å². The number of amides is 1. The molecule has 2 bridgehead atoms. The van der Waals surface area contributed by atoms with Crippen molar-refractivity contribution in [2.45, 2.75) is 43.2 Å². The molecule has 0 radical (unpaired) electrons. The summed E-state index contributed by atoms with van der Waals surface area (Å²) >= 11 is 0. The van der Waals surface area contributed by atoms with Crippen molar-refractivity contribution in [1.29, 1.82) is 5.26 Å². The van der Waals surface area contributed by atoms with Gasteiger partial charge in [0.25, 0.3) is 0 Å². The number of hydrogen-bond acceptors (Lipinski definition) is 5. The monoisotopic (exact) mass is 420 g/mol. The van der Waals surface area contributed by atoms with Gasteiger partial charge in [-0.15, -0.1) is 0 Å². The number of piperazine rings is 1. The molecule has 1 aliphatic carbocycles. The van der Waals surface area contributed by atoms with Gasteiger partial charge in [0.15, 0.2) is 0 Å². The third-order valence-electron chi connectivity index (χ3n) is 6.89. The largest absolute Gasteiger partial charge is 0.371 e. The van der Waals surface area contributed by atoms with Gasteiger partial charge in [-0.05, 0) is 55.5 Å². The Hall–Kier alpha value is -2.98. The summed E-state index contributed by atoms with van der Waals surface area (Å²) in [5, 5.41) is 8.98. The normalized spacial score (nSPS) is 23.5. The first-order valence-electron chi connectivity index (χ1n) is 10.8. The summed E-state index contributed by atoms with van der Waals surface area (Å²) in [5.41, 5.74) is 1.58. The fourth-order valence-electron chi connectivity index (χ4n) is 4.98. The lowest BCUT2D eigenvalue weighted by atomic mass is 9.97. The van der Waals surface area contributed by atoms with Gasteiger partial charge in [-0.1, -0.05) is 12.1 Å². The van der Waals surface area contributed by atoms with Gasteiger partial charge in [0, 0.05) is 36.8 Å². The first-order valence-corrected chi connectivity index (χ1v) is 10.8. The molecule has 3 heterocycles. The lowest BCUT2D eigenvalue weighted by Gasteiger charge is -2.41. The highest BCUT2D eigenvalue weighted by Gasteiger charge is 2.45. The maximum atomic E-state index is 13.2. The number of fused-ring (bicyclic) bond motifs is 2. The van der Waals surface area contributed by atoms with Crippen LogP contribution in [0, 0.1) is 17.1 Å². The van der Waals surface area contributed by atoms with E-state index >= 15 is 0 Å². The zero-order valence-electron chi connectivity index (χ0n) is 17.3. The zero-order chi connectivity index (χ0) is 21.4. The zero-order valence-corrected chi connectivity index (χ0v) is 17.3. The fourth-order valence-corrected chi connectivity index (χ4v) is 4.98.